The van der Waals surface area contributed by atoms with E-state index in [1.165, 1.54) is 0 Å². The summed E-state index contributed by atoms with van der Waals surface area (Å²) in [7, 11) is 0. The zero-order chi connectivity index (χ0) is 13.2. The van der Waals surface area contributed by atoms with Crippen molar-refractivity contribution in [2.45, 2.75) is 12.0 Å². The van der Waals surface area contributed by atoms with E-state index in [0.29, 0.717) is 12.6 Å². The first-order valence-electron chi connectivity index (χ1n) is 5.73. The molecule has 1 aromatic carbocycles. The smallest absolute Gasteiger partial charge is 0.254 e. The van der Waals surface area contributed by atoms with E-state index < -0.39 is 23.1 Å². The summed E-state index contributed by atoms with van der Waals surface area (Å²) in [5.41, 5.74) is 5.35. The lowest BCUT2D eigenvalue weighted by Gasteiger charge is -2.22. The van der Waals surface area contributed by atoms with Gasteiger partial charge in [0, 0.05) is 24.7 Å². The summed E-state index contributed by atoms with van der Waals surface area (Å²) in [6.45, 7) is 1.67. The van der Waals surface area contributed by atoms with E-state index in [2.05, 4.69) is 10.6 Å². The molecule has 0 radical (unpaired) electrons. The van der Waals surface area contributed by atoms with Gasteiger partial charge < -0.3 is 16.4 Å². The second-order valence-corrected chi connectivity index (χ2v) is 4.60. The number of amides is 1. The first-order chi connectivity index (χ1) is 8.50. The fraction of sp³-hybridized carbons (Fsp3) is 0.417. The summed E-state index contributed by atoms with van der Waals surface area (Å²) in [5.74, 6) is -2.16. The van der Waals surface area contributed by atoms with Crippen molar-refractivity contribution < 1.29 is 13.6 Å². The van der Waals surface area contributed by atoms with Gasteiger partial charge in [-0.2, -0.15) is 0 Å². The van der Waals surface area contributed by atoms with Crippen molar-refractivity contribution in [1.29, 1.82) is 0 Å². The molecule has 1 atom stereocenters. The van der Waals surface area contributed by atoms with E-state index in [9.17, 15) is 13.6 Å². The van der Waals surface area contributed by atoms with Crippen molar-refractivity contribution in [1.82, 2.24) is 10.6 Å². The summed E-state index contributed by atoms with van der Waals surface area (Å²) in [6, 6.07) is 2.85. The Labute approximate surface area is 128 Å². The van der Waals surface area contributed by atoms with Gasteiger partial charge in [-0.1, -0.05) is 0 Å². The van der Waals surface area contributed by atoms with Gasteiger partial charge in [-0.05, 0) is 25.1 Å². The van der Waals surface area contributed by atoms with Crippen molar-refractivity contribution in [3.05, 3.63) is 35.4 Å². The molecule has 0 aromatic heterocycles. The van der Waals surface area contributed by atoms with E-state index in [-0.39, 0.29) is 36.9 Å². The maximum Gasteiger partial charge on any atom is 0.254 e. The number of benzene rings is 1. The molecule has 114 valence electrons. The highest BCUT2D eigenvalue weighted by Crippen LogP contribution is 2.12. The molecular weight excluding hydrogens is 311 g/mol. The zero-order valence-corrected chi connectivity index (χ0v) is 12.3. The molecule has 4 nitrogen and oxygen atoms in total. The lowest BCUT2D eigenvalue weighted by Crippen LogP contribution is -2.51. The maximum atomic E-state index is 13.4. The predicted octanol–water partition coefficient (Wildman–Crippen LogP) is 1.23. The van der Waals surface area contributed by atoms with Crippen LogP contribution in [-0.4, -0.2) is 31.1 Å². The predicted molar refractivity (Wildman–Crippen MR) is 77.6 cm³/mol. The summed E-state index contributed by atoms with van der Waals surface area (Å²) >= 11 is 0. The van der Waals surface area contributed by atoms with Crippen molar-refractivity contribution in [3.8, 4) is 0 Å². The molecule has 1 heterocycles. The Balaban J connectivity index is 0.00000180. The van der Waals surface area contributed by atoms with E-state index in [0.717, 1.165) is 25.1 Å². The van der Waals surface area contributed by atoms with Crippen molar-refractivity contribution >= 4 is 30.7 Å². The molecule has 8 heteroatoms. The second kappa shape index (κ2) is 7.73. The third kappa shape index (κ3) is 4.56. The van der Waals surface area contributed by atoms with Crippen LogP contribution >= 0.6 is 24.8 Å². The Hall–Kier alpha value is -0.950. The molecule has 0 bridgehead atoms. The van der Waals surface area contributed by atoms with Gasteiger partial charge >= 0.3 is 0 Å². The van der Waals surface area contributed by atoms with Gasteiger partial charge in [-0.25, -0.2) is 8.78 Å². The molecule has 1 fully saturated rings. The Morgan fingerprint density at radius 1 is 1.40 bits per heavy atom. The highest BCUT2D eigenvalue weighted by Gasteiger charge is 2.29. The molecule has 1 amide bonds. The van der Waals surface area contributed by atoms with Gasteiger partial charge in [0.05, 0.1) is 5.56 Å². The van der Waals surface area contributed by atoms with Gasteiger partial charge in [0.1, 0.15) is 11.6 Å². The minimum atomic E-state index is -0.872. The van der Waals surface area contributed by atoms with Crippen LogP contribution in [0.2, 0.25) is 0 Å². The van der Waals surface area contributed by atoms with Gasteiger partial charge in [-0.15, -0.1) is 24.8 Å². The lowest BCUT2D eigenvalue weighted by molar-refractivity contribution is 0.0940. The number of hydrogen-bond acceptors (Lipinski definition) is 3. The third-order valence-corrected chi connectivity index (χ3v) is 3.05. The Bertz CT molecular complexity index is 468. The molecule has 0 spiro atoms. The Kier molecular flexibility index (Phi) is 7.37. The van der Waals surface area contributed by atoms with Crippen LogP contribution in [0.1, 0.15) is 16.8 Å². The molecule has 2 rings (SSSR count). The molecule has 1 saturated heterocycles. The van der Waals surface area contributed by atoms with E-state index in [1.54, 1.807) is 0 Å². The standard InChI is InChI=1S/C12H15F2N3O.2ClH/c13-8-1-2-9(10(14)5-8)11(18)17-7-12(15)3-4-16-6-12;;/h1-2,5,16H,3-4,6-7,15H2,(H,17,18);2*1H. The topological polar surface area (TPSA) is 67.1 Å². The lowest BCUT2D eigenvalue weighted by atomic mass is 10.0. The Morgan fingerprint density at radius 3 is 2.65 bits per heavy atom. The highest BCUT2D eigenvalue weighted by atomic mass is 35.5. The van der Waals surface area contributed by atoms with Crippen LogP contribution in [0, 0.1) is 11.6 Å². The van der Waals surface area contributed by atoms with Crippen LogP contribution in [0.3, 0.4) is 0 Å². The van der Waals surface area contributed by atoms with Crippen LogP contribution in [0.4, 0.5) is 8.78 Å². The summed E-state index contributed by atoms with van der Waals surface area (Å²) < 4.78 is 26.1. The van der Waals surface area contributed by atoms with Gasteiger partial charge in [0.25, 0.3) is 5.91 Å². The SMILES string of the molecule is Cl.Cl.NC1(CNC(=O)c2ccc(F)cc2F)CCNC1. The van der Waals surface area contributed by atoms with Crippen LogP contribution in [0.5, 0.6) is 0 Å². The maximum absolute atomic E-state index is 13.4. The normalized spacial score (nSPS) is 20.8. The molecule has 0 saturated carbocycles. The zero-order valence-electron chi connectivity index (χ0n) is 10.6. The van der Waals surface area contributed by atoms with Crippen molar-refractivity contribution in [2.24, 2.45) is 5.73 Å². The molecule has 1 unspecified atom stereocenters. The minimum Gasteiger partial charge on any atom is -0.350 e. The molecule has 20 heavy (non-hydrogen) atoms. The first-order valence-corrected chi connectivity index (χ1v) is 5.73. The van der Waals surface area contributed by atoms with Gasteiger partial charge in [-0.3, -0.25) is 4.79 Å². The minimum absolute atomic E-state index is 0. The second-order valence-electron chi connectivity index (χ2n) is 4.60. The number of rotatable bonds is 3. The number of hydrogen-bond donors (Lipinski definition) is 3. The fourth-order valence-corrected chi connectivity index (χ4v) is 1.94. The van der Waals surface area contributed by atoms with E-state index in [4.69, 9.17) is 5.73 Å². The van der Waals surface area contributed by atoms with Gasteiger partial charge in [0.15, 0.2) is 0 Å². The van der Waals surface area contributed by atoms with Crippen LogP contribution < -0.4 is 16.4 Å². The highest BCUT2D eigenvalue weighted by molar-refractivity contribution is 5.94. The van der Waals surface area contributed by atoms with Gasteiger partial charge in [0.2, 0.25) is 0 Å². The van der Waals surface area contributed by atoms with E-state index in [1.807, 2.05) is 0 Å². The molecule has 1 aliphatic heterocycles. The number of carbonyl (C=O) groups is 1. The number of nitrogens with two attached hydrogens (primary N) is 1. The first kappa shape index (κ1) is 19.1. The van der Waals surface area contributed by atoms with Crippen molar-refractivity contribution in [3.63, 3.8) is 0 Å². The molecule has 1 aliphatic rings. The quantitative estimate of drug-likeness (QED) is 0.782. The van der Waals surface area contributed by atoms with Crippen LogP contribution in [0.15, 0.2) is 18.2 Å². The number of nitrogens with one attached hydrogen (secondary N) is 2. The Morgan fingerprint density at radius 2 is 2.10 bits per heavy atom. The van der Waals surface area contributed by atoms with Crippen molar-refractivity contribution in [2.75, 3.05) is 19.6 Å². The molecule has 0 aliphatic carbocycles. The summed E-state index contributed by atoms with van der Waals surface area (Å²) in [6.07, 6.45) is 0.749. The average molecular weight is 328 g/mol. The fourth-order valence-electron chi connectivity index (χ4n) is 1.94. The largest absolute Gasteiger partial charge is 0.350 e. The summed E-state index contributed by atoms with van der Waals surface area (Å²) in [5, 5.41) is 5.67. The van der Waals surface area contributed by atoms with Crippen LogP contribution in [-0.2, 0) is 0 Å². The van der Waals surface area contributed by atoms with Crippen LogP contribution in [0.25, 0.3) is 0 Å². The molecule has 1 aromatic rings. The third-order valence-electron chi connectivity index (χ3n) is 3.05. The number of halogens is 4. The average Bonchev–Trinajstić information content (AvgIpc) is 2.74. The molecular formula is C12H17Cl2F2N3O. The molecule has 4 N–H and O–H groups in total. The summed E-state index contributed by atoms with van der Waals surface area (Å²) in [4.78, 5) is 11.7. The number of carbonyl (C=O) groups excluding carboxylic acids is 1. The monoisotopic (exact) mass is 327 g/mol. The van der Waals surface area contributed by atoms with E-state index >= 15 is 0 Å².